The van der Waals surface area contributed by atoms with E-state index in [0.717, 1.165) is 6.42 Å². The molecule has 4 nitrogen and oxygen atoms in total. The van der Waals surface area contributed by atoms with Gasteiger partial charge in [0.25, 0.3) is 0 Å². The van der Waals surface area contributed by atoms with Crippen LogP contribution in [-0.4, -0.2) is 40.2 Å². The summed E-state index contributed by atoms with van der Waals surface area (Å²) in [7, 11) is -2.08. The zero-order chi connectivity index (χ0) is 19.3. The fraction of sp³-hybridized carbons (Fsp3) is 0.750. The summed E-state index contributed by atoms with van der Waals surface area (Å²) < 4.78 is 17.7. The fourth-order valence-corrected chi connectivity index (χ4v) is 3.99. The molecule has 1 rings (SSSR count). The van der Waals surface area contributed by atoms with E-state index in [4.69, 9.17) is 20.3 Å². The normalized spacial score (nSPS) is 24.4. The van der Waals surface area contributed by atoms with Crippen LogP contribution in [-0.2, 0) is 18.7 Å². The van der Waals surface area contributed by atoms with Gasteiger partial charge in [0.05, 0.1) is 19.3 Å². The molecule has 0 heterocycles. The maximum Gasteiger partial charge on any atom is 0.317 e. The number of allylic oxidation sites excluding steroid dienone is 1. The van der Waals surface area contributed by atoms with Gasteiger partial charge in [-0.3, -0.25) is 4.79 Å². The van der Waals surface area contributed by atoms with Crippen molar-refractivity contribution in [1.82, 2.24) is 0 Å². The molecule has 1 aliphatic carbocycles. The Morgan fingerprint density at radius 1 is 1.44 bits per heavy atom. The van der Waals surface area contributed by atoms with E-state index in [-0.39, 0.29) is 30.3 Å². The first-order valence-electron chi connectivity index (χ1n) is 9.03. The van der Waals surface area contributed by atoms with E-state index in [1.54, 1.807) is 0 Å². The van der Waals surface area contributed by atoms with Gasteiger partial charge < -0.3 is 13.9 Å². The first kappa shape index (κ1) is 21.9. The van der Waals surface area contributed by atoms with Crippen LogP contribution in [0, 0.1) is 17.8 Å². The van der Waals surface area contributed by atoms with E-state index < -0.39 is 13.7 Å². The Kier molecular flexibility index (Phi) is 7.49. The van der Waals surface area contributed by atoms with E-state index in [2.05, 4.69) is 52.8 Å². The van der Waals surface area contributed by atoms with Crippen LogP contribution in [0.3, 0.4) is 0 Å². The highest BCUT2D eigenvalue weighted by Gasteiger charge is 2.52. The molecule has 0 unspecified atom stereocenters. The molecule has 0 radical (unpaired) electrons. The Bertz CT molecular complexity index is 539. The van der Waals surface area contributed by atoms with Crippen molar-refractivity contribution in [3.05, 3.63) is 11.6 Å². The molecule has 0 aromatic rings. The zero-order valence-electron chi connectivity index (χ0n) is 16.9. The second kappa shape index (κ2) is 8.53. The number of carbonyl (C=O) groups is 1. The molecule has 1 aliphatic rings. The van der Waals surface area contributed by atoms with Crippen molar-refractivity contribution in [1.29, 1.82) is 0 Å². The van der Waals surface area contributed by atoms with Crippen molar-refractivity contribution < 1.29 is 18.7 Å². The summed E-state index contributed by atoms with van der Waals surface area (Å²) in [4.78, 5) is 12.9. The Morgan fingerprint density at radius 2 is 2.08 bits per heavy atom. The van der Waals surface area contributed by atoms with E-state index in [9.17, 15) is 4.79 Å². The smallest absolute Gasteiger partial charge is 0.317 e. The third-order valence-electron chi connectivity index (χ3n) is 5.40. The number of rotatable bonds is 7. The first-order valence-corrected chi connectivity index (χ1v) is 11.9. The molecule has 0 aliphatic heterocycles. The Balaban J connectivity index is 3.25. The maximum absolute atomic E-state index is 12.9. The lowest BCUT2D eigenvalue weighted by molar-refractivity contribution is -0.167. The van der Waals surface area contributed by atoms with Gasteiger partial charge in [0.2, 0.25) is 0 Å². The van der Waals surface area contributed by atoms with Crippen molar-refractivity contribution in [3.63, 3.8) is 0 Å². The number of esters is 1. The molecule has 0 fully saturated rings. The molecule has 0 spiro atoms. The summed E-state index contributed by atoms with van der Waals surface area (Å²) in [6.07, 6.45) is 8.53. The van der Waals surface area contributed by atoms with Crippen molar-refractivity contribution in [2.45, 2.75) is 71.7 Å². The molecular formula is C20H34O4Si. The van der Waals surface area contributed by atoms with Crippen molar-refractivity contribution >= 4 is 14.3 Å². The lowest BCUT2D eigenvalue weighted by Gasteiger charge is -2.46. The van der Waals surface area contributed by atoms with E-state index in [1.165, 1.54) is 5.57 Å². The highest BCUT2D eigenvalue weighted by atomic mass is 28.4. The molecule has 0 amide bonds. The van der Waals surface area contributed by atoms with Gasteiger partial charge in [-0.25, -0.2) is 0 Å². The van der Waals surface area contributed by atoms with Crippen LogP contribution in [0.1, 0.15) is 47.5 Å². The van der Waals surface area contributed by atoms with E-state index >= 15 is 0 Å². The predicted molar refractivity (Wildman–Crippen MR) is 104 cm³/mol. The van der Waals surface area contributed by atoms with Gasteiger partial charge in [-0.1, -0.05) is 38.3 Å². The van der Waals surface area contributed by atoms with Gasteiger partial charge in [0.15, 0.2) is 8.32 Å². The Morgan fingerprint density at radius 3 is 2.60 bits per heavy atom. The second-order valence-corrected chi connectivity index (χ2v) is 13.1. The number of hydrogen-bond donors (Lipinski definition) is 0. The Hall–Kier alpha value is -1.09. The van der Waals surface area contributed by atoms with Crippen LogP contribution in [0.15, 0.2) is 11.6 Å². The van der Waals surface area contributed by atoms with Gasteiger partial charge >= 0.3 is 5.97 Å². The Labute approximate surface area is 154 Å². The molecule has 142 valence electrons. The molecule has 0 aromatic carbocycles. The fourth-order valence-electron chi connectivity index (χ4n) is 2.70. The largest absolute Gasteiger partial charge is 0.465 e. The predicted octanol–water partition coefficient (Wildman–Crippen LogP) is 4.32. The monoisotopic (exact) mass is 366 g/mol. The molecule has 25 heavy (non-hydrogen) atoms. The van der Waals surface area contributed by atoms with Gasteiger partial charge in [-0.15, -0.1) is 6.42 Å². The molecular weight excluding hydrogens is 332 g/mol. The molecule has 0 bridgehead atoms. The molecule has 2 atom stereocenters. The number of terminal acetylenes is 1. The molecule has 0 saturated carbocycles. The molecule has 0 N–H and O–H groups in total. The standard InChI is InChI=1S/C20H34O4Si/c1-9-13-22-15-20(18(21)23-10-2)12-11-16(3)14-17(20)24-25(7,8)19(4,5)6/h1,14,17H,10-13,15H2,2-8H3/t17-,20+/m0/s1. The highest BCUT2D eigenvalue weighted by Crippen LogP contribution is 2.44. The third-order valence-corrected chi connectivity index (χ3v) is 9.86. The van der Waals surface area contributed by atoms with Gasteiger partial charge in [0, 0.05) is 0 Å². The van der Waals surface area contributed by atoms with Crippen LogP contribution in [0.5, 0.6) is 0 Å². The van der Waals surface area contributed by atoms with Crippen LogP contribution >= 0.6 is 0 Å². The van der Waals surface area contributed by atoms with Crippen LogP contribution in [0.4, 0.5) is 0 Å². The summed E-state index contributed by atoms with van der Waals surface area (Å²) in [6.45, 7) is 15.6. The quantitative estimate of drug-likeness (QED) is 0.221. The summed E-state index contributed by atoms with van der Waals surface area (Å²) in [6, 6.07) is 0. The summed E-state index contributed by atoms with van der Waals surface area (Å²) >= 11 is 0. The van der Waals surface area contributed by atoms with Gasteiger partial charge in [-0.2, -0.15) is 0 Å². The van der Waals surface area contributed by atoms with Gasteiger partial charge in [-0.05, 0) is 44.8 Å². The summed E-state index contributed by atoms with van der Waals surface area (Å²) in [5.41, 5.74) is 0.405. The molecule has 0 aromatic heterocycles. The van der Waals surface area contributed by atoms with Crippen LogP contribution in [0.2, 0.25) is 18.1 Å². The average molecular weight is 367 g/mol. The van der Waals surface area contributed by atoms with E-state index in [1.807, 2.05) is 6.92 Å². The van der Waals surface area contributed by atoms with Crippen molar-refractivity contribution in [3.8, 4) is 12.3 Å². The topological polar surface area (TPSA) is 44.8 Å². The third kappa shape index (κ3) is 5.19. The van der Waals surface area contributed by atoms with E-state index in [0.29, 0.717) is 13.0 Å². The summed E-state index contributed by atoms with van der Waals surface area (Å²) in [5, 5.41) is 0.0479. The lowest BCUT2D eigenvalue weighted by atomic mass is 9.73. The number of hydrogen-bond acceptors (Lipinski definition) is 4. The molecule has 0 saturated heterocycles. The number of carbonyl (C=O) groups excluding carboxylic acids is 1. The summed E-state index contributed by atoms with van der Waals surface area (Å²) in [5.74, 6) is 2.22. The maximum atomic E-state index is 12.9. The van der Waals surface area contributed by atoms with Gasteiger partial charge in [0.1, 0.15) is 12.0 Å². The van der Waals surface area contributed by atoms with Crippen molar-refractivity contribution in [2.24, 2.45) is 5.41 Å². The minimum Gasteiger partial charge on any atom is -0.465 e. The first-order chi connectivity index (χ1) is 11.5. The molecule has 5 heteroatoms. The lowest BCUT2D eigenvalue weighted by Crippen LogP contribution is -2.55. The zero-order valence-corrected chi connectivity index (χ0v) is 17.9. The minimum atomic E-state index is -2.08. The SMILES string of the molecule is C#CCOC[C@]1(C(=O)OCC)CCC(C)=C[C@@H]1O[Si](C)(C)C(C)(C)C. The number of ether oxygens (including phenoxy) is 2. The average Bonchev–Trinajstić information content (AvgIpc) is 2.48. The minimum absolute atomic E-state index is 0.0479. The van der Waals surface area contributed by atoms with Crippen LogP contribution in [0.25, 0.3) is 0 Å². The van der Waals surface area contributed by atoms with Crippen molar-refractivity contribution in [2.75, 3.05) is 19.8 Å². The second-order valence-electron chi connectivity index (χ2n) is 8.39. The highest BCUT2D eigenvalue weighted by molar-refractivity contribution is 6.74. The van der Waals surface area contributed by atoms with Crippen LogP contribution < -0.4 is 0 Å².